The molecular weight excluding hydrogens is 351 g/mol. The zero-order valence-corrected chi connectivity index (χ0v) is 12.7. The molecule has 0 radical (unpaired) electrons. The highest BCUT2D eigenvalue weighted by Gasteiger charge is 2.20. The van der Waals surface area contributed by atoms with E-state index in [0.29, 0.717) is 19.1 Å². The van der Waals surface area contributed by atoms with E-state index in [1.54, 1.807) is 6.07 Å². The van der Waals surface area contributed by atoms with Crippen molar-refractivity contribution in [3.05, 3.63) is 40.6 Å². The predicted molar refractivity (Wildman–Crippen MR) is 74.5 cm³/mol. The topological polar surface area (TPSA) is 17.1 Å². The summed E-state index contributed by atoms with van der Waals surface area (Å²) in [6.45, 7) is 1.95. The number of hydrogen-bond acceptors (Lipinski definition) is 3. The molecule has 2 rings (SSSR count). The van der Waals surface area contributed by atoms with Gasteiger partial charge in [-0.15, -0.1) is 22.7 Å². The second-order valence-corrected chi connectivity index (χ2v) is 7.50. The molecule has 0 spiro atoms. The minimum absolute atomic E-state index is 0.0851. The normalized spacial score (nSPS) is 10.8. The van der Waals surface area contributed by atoms with Gasteiger partial charge >= 0.3 is 0 Å². The van der Waals surface area contributed by atoms with Gasteiger partial charge in [-0.2, -0.15) is 0 Å². The third-order valence-electron chi connectivity index (χ3n) is 1.92. The van der Waals surface area contributed by atoms with E-state index in [4.69, 9.17) is 23.2 Å². The van der Waals surface area contributed by atoms with E-state index in [2.05, 4.69) is 15.9 Å². The zero-order chi connectivity index (χ0) is 11.9. The first-order chi connectivity index (χ1) is 7.49. The van der Waals surface area contributed by atoms with Crippen LogP contribution in [0.1, 0.15) is 20.1 Å². The summed E-state index contributed by atoms with van der Waals surface area (Å²) in [7, 11) is 0. The predicted octanol–water partition coefficient (Wildman–Crippen LogP) is 5.42. The molecular formula is C10H5BrCl2OS2. The zero-order valence-electron chi connectivity index (χ0n) is 8.01. The summed E-state index contributed by atoms with van der Waals surface area (Å²) in [6, 6.07) is 3.53. The van der Waals surface area contributed by atoms with Gasteiger partial charge in [-0.3, -0.25) is 4.79 Å². The Hall–Kier alpha value is 0.130. The van der Waals surface area contributed by atoms with Gasteiger partial charge in [-0.25, -0.2) is 0 Å². The number of carbonyl (C=O) groups excluding carboxylic acids is 1. The lowest BCUT2D eigenvalue weighted by Gasteiger charge is -1.95. The average molecular weight is 356 g/mol. The second-order valence-electron chi connectivity index (χ2n) is 3.10. The standard InChI is InChI=1S/C10H5BrCl2OS2/c1-4-2-6(11)9(15-4)8(14)5-3-7(12)16-10(5)13/h2-3H,1H3. The lowest BCUT2D eigenvalue weighted by Crippen LogP contribution is -1.97. The first-order valence-electron chi connectivity index (χ1n) is 4.24. The highest BCUT2D eigenvalue weighted by atomic mass is 79.9. The van der Waals surface area contributed by atoms with Crippen LogP contribution in [0.5, 0.6) is 0 Å². The van der Waals surface area contributed by atoms with Gasteiger partial charge in [0.15, 0.2) is 0 Å². The van der Waals surface area contributed by atoms with Crippen LogP contribution in [0.2, 0.25) is 8.67 Å². The van der Waals surface area contributed by atoms with Crippen LogP contribution < -0.4 is 0 Å². The molecule has 1 nitrogen and oxygen atoms in total. The number of rotatable bonds is 2. The molecule has 0 N–H and O–H groups in total. The van der Waals surface area contributed by atoms with Gasteiger partial charge in [0.1, 0.15) is 4.34 Å². The summed E-state index contributed by atoms with van der Waals surface area (Å²) in [5, 5.41) is 0. The summed E-state index contributed by atoms with van der Waals surface area (Å²) >= 11 is 17.8. The van der Waals surface area contributed by atoms with Crippen LogP contribution in [0, 0.1) is 6.92 Å². The molecule has 84 valence electrons. The van der Waals surface area contributed by atoms with Crippen LogP contribution in [0.25, 0.3) is 0 Å². The van der Waals surface area contributed by atoms with E-state index in [9.17, 15) is 4.79 Å². The molecule has 0 atom stereocenters. The van der Waals surface area contributed by atoms with Crippen molar-refractivity contribution in [2.45, 2.75) is 6.92 Å². The molecule has 0 aliphatic rings. The van der Waals surface area contributed by atoms with Crippen LogP contribution in [0.4, 0.5) is 0 Å². The Labute approximate surface area is 119 Å². The molecule has 2 aromatic heterocycles. The minimum atomic E-state index is -0.0851. The molecule has 6 heteroatoms. The van der Waals surface area contributed by atoms with E-state index in [1.165, 1.54) is 22.7 Å². The number of aryl methyl sites for hydroxylation is 1. The molecule has 0 saturated heterocycles. The van der Waals surface area contributed by atoms with Crippen LogP contribution in [0.3, 0.4) is 0 Å². The molecule has 0 aliphatic carbocycles. The third kappa shape index (κ3) is 2.36. The maximum atomic E-state index is 12.2. The SMILES string of the molecule is Cc1cc(Br)c(C(=O)c2cc(Cl)sc2Cl)s1. The monoisotopic (exact) mass is 354 g/mol. The molecule has 2 heterocycles. The third-order valence-corrected chi connectivity index (χ3v) is 5.34. The number of halogens is 3. The Balaban J connectivity index is 2.46. The van der Waals surface area contributed by atoms with E-state index >= 15 is 0 Å². The van der Waals surface area contributed by atoms with E-state index < -0.39 is 0 Å². The van der Waals surface area contributed by atoms with Gasteiger partial charge in [-0.1, -0.05) is 23.2 Å². The highest BCUT2D eigenvalue weighted by Crippen LogP contribution is 2.36. The van der Waals surface area contributed by atoms with E-state index in [-0.39, 0.29) is 5.78 Å². The van der Waals surface area contributed by atoms with Crippen molar-refractivity contribution in [3.63, 3.8) is 0 Å². The van der Waals surface area contributed by atoms with Crippen molar-refractivity contribution in [1.82, 2.24) is 0 Å². The van der Waals surface area contributed by atoms with Crippen LogP contribution >= 0.6 is 61.8 Å². The molecule has 0 bridgehead atoms. The Morgan fingerprint density at radius 2 is 2.00 bits per heavy atom. The van der Waals surface area contributed by atoms with E-state index in [0.717, 1.165) is 9.35 Å². The minimum Gasteiger partial charge on any atom is -0.288 e. The second kappa shape index (κ2) is 4.78. The fraction of sp³-hybridized carbons (Fsp3) is 0.100. The molecule has 0 fully saturated rings. The first-order valence-corrected chi connectivity index (χ1v) is 7.42. The van der Waals surface area contributed by atoms with Crippen molar-refractivity contribution in [2.24, 2.45) is 0 Å². The van der Waals surface area contributed by atoms with Crippen LogP contribution in [-0.4, -0.2) is 5.78 Å². The van der Waals surface area contributed by atoms with Gasteiger partial charge in [-0.05, 0) is 35.0 Å². The van der Waals surface area contributed by atoms with Gasteiger partial charge in [0, 0.05) is 9.35 Å². The lowest BCUT2D eigenvalue weighted by atomic mass is 10.2. The number of ketones is 1. The maximum Gasteiger partial charge on any atom is 0.206 e. The van der Waals surface area contributed by atoms with Gasteiger partial charge in [0.25, 0.3) is 0 Å². The first kappa shape index (κ1) is 12.6. The van der Waals surface area contributed by atoms with Crippen molar-refractivity contribution in [3.8, 4) is 0 Å². The Bertz CT molecular complexity index is 511. The number of thiophene rings is 2. The summed E-state index contributed by atoms with van der Waals surface area (Å²) < 4.78 is 1.77. The summed E-state index contributed by atoms with van der Waals surface area (Å²) in [6.07, 6.45) is 0. The highest BCUT2D eigenvalue weighted by molar-refractivity contribution is 9.10. The molecule has 16 heavy (non-hydrogen) atoms. The van der Waals surface area contributed by atoms with Gasteiger partial charge in [0.2, 0.25) is 5.78 Å². The Morgan fingerprint density at radius 1 is 1.31 bits per heavy atom. The fourth-order valence-corrected chi connectivity index (χ4v) is 4.49. The molecule has 2 aromatic rings. The smallest absolute Gasteiger partial charge is 0.206 e. The Morgan fingerprint density at radius 3 is 2.44 bits per heavy atom. The van der Waals surface area contributed by atoms with Crippen LogP contribution in [-0.2, 0) is 0 Å². The average Bonchev–Trinajstić information content (AvgIpc) is 2.68. The van der Waals surface area contributed by atoms with Crippen molar-refractivity contribution >= 4 is 67.6 Å². The fourth-order valence-electron chi connectivity index (χ4n) is 1.26. The molecule has 0 amide bonds. The van der Waals surface area contributed by atoms with Crippen molar-refractivity contribution in [1.29, 1.82) is 0 Å². The van der Waals surface area contributed by atoms with Gasteiger partial charge < -0.3 is 0 Å². The summed E-state index contributed by atoms with van der Waals surface area (Å²) in [5.41, 5.74) is 0.471. The summed E-state index contributed by atoms with van der Waals surface area (Å²) in [4.78, 5) is 13.9. The molecule has 0 aliphatic heterocycles. The molecule has 0 unspecified atom stereocenters. The van der Waals surface area contributed by atoms with E-state index in [1.807, 2.05) is 13.0 Å². The number of hydrogen-bond donors (Lipinski definition) is 0. The summed E-state index contributed by atoms with van der Waals surface area (Å²) in [5.74, 6) is -0.0851. The maximum absolute atomic E-state index is 12.2. The Kier molecular flexibility index (Phi) is 3.76. The van der Waals surface area contributed by atoms with Crippen LogP contribution in [0.15, 0.2) is 16.6 Å². The molecule has 0 saturated carbocycles. The van der Waals surface area contributed by atoms with Crippen molar-refractivity contribution in [2.75, 3.05) is 0 Å². The lowest BCUT2D eigenvalue weighted by molar-refractivity contribution is 0.104. The molecule has 0 aromatic carbocycles. The largest absolute Gasteiger partial charge is 0.288 e. The number of carbonyl (C=O) groups is 1. The quantitative estimate of drug-likeness (QED) is 0.657. The van der Waals surface area contributed by atoms with Gasteiger partial charge in [0.05, 0.1) is 14.8 Å². The van der Waals surface area contributed by atoms with Crippen molar-refractivity contribution < 1.29 is 4.79 Å².